The van der Waals surface area contributed by atoms with Gasteiger partial charge in [0, 0.05) is 24.1 Å². The predicted molar refractivity (Wildman–Crippen MR) is 107 cm³/mol. The smallest absolute Gasteiger partial charge is 0.243 e. The Kier molecular flexibility index (Phi) is 5.81. The lowest BCUT2D eigenvalue weighted by molar-refractivity contribution is -0.134. The first-order valence-corrected chi connectivity index (χ1v) is 9.47. The zero-order valence-electron chi connectivity index (χ0n) is 15.2. The second kappa shape index (κ2) is 8.26. The standard InChI is InChI=1S/C20H21N3O3S/c1-13-7-9-14(10-8-13)21-18(24)12-23(2)19(25)11-17-20(26)22-15-5-3-4-6-16(15)27-17/h3-10,17H,11-12H2,1-2H3,(H,21,24)(H,22,26)/t17-/m0/s1. The number of aryl methyl sites for hydroxylation is 1. The molecule has 3 rings (SSSR count). The van der Waals surface area contributed by atoms with Crippen LogP contribution in [0.2, 0.25) is 0 Å². The molecule has 0 aromatic heterocycles. The molecule has 2 aromatic rings. The van der Waals surface area contributed by atoms with Crippen LogP contribution in [0.25, 0.3) is 0 Å². The van der Waals surface area contributed by atoms with E-state index >= 15 is 0 Å². The fourth-order valence-electron chi connectivity index (χ4n) is 2.68. The van der Waals surface area contributed by atoms with Crippen molar-refractivity contribution in [2.75, 3.05) is 24.2 Å². The molecule has 1 atom stereocenters. The van der Waals surface area contributed by atoms with Crippen molar-refractivity contribution in [2.24, 2.45) is 0 Å². The maximum Gasteiger partial charge on any atom is 0.243 e. The Balaban J connectivity index is 1.54. The highest BCUT2D eigenvalue weighted by Gasteiger charge is 2.30. The number of anilines is 2. The summed E-state index contributed by atoms with van der Waals surface area (Å²) in [7, 11) is 1.57. The average Bonchev–Trinajstić information content (AvgIpc) is 2.64. The lowest BCUT2D eigenvalue weighted by Gasteiger charge is -2.25. The summed E-state index contributed by atoms with van der Waals surface area (Å²) in [5.41, 5.74) is 2.55. The van der Waals surface area contributed by atoms with Crippen molar-refractivity contribution < 1.29 is 14.4 Å². The van der Waals surface area contributed by atoms with Gasteiger partial charge in [0.05, 0.1) is 17.5 Å². The highest BCUT2D eigenvalue weighted by Crippen LogP contribution is 2.36. The van der Waals surface area contributed by atoms with Crippen LogP contribution in [-0.2, 0) is 14.4 Å². The van der Waals surface area contributed by atoms with Crippen LogP contribution in [0.3, 0.4) is 0 Å². The molecule has 6 nitrogen and oxygen atoms in total. The summed E-state index contributed by atoms with van der Waals surface area (Å²) >= 11 is 1.37. The van der Waals surface area contributed by atoms with Crippen LogP contribution in [0.15, 0.2) is 53.4 Å². The number of thioether (sulfide) groups is 1. The minimum Gasteiger partial charge on any atom is -0.336 e. The van der Waals surface area contributed by atoms with Gasteiger partial charge >= 0.3 is 0 Å². The van der Waals surface area contributed by atoms with E-state index in [-0.39, 0.29) is 30.7 Å². The van der Waals surface area contributed by atoms with Gasteiger partial charge in [0.1, 0.15) is 0 Å². The third-order valence-electron chi connectivity index (χ3n) is 4.21. The SMILES string of the molecule is Cc1ccc(NC(=O)CN(C)C(=O)C[C@@H]2Sc3ccccc3NC2=O)cc1. The summed E-state index contributed by atoms with van der Waals surface area (Å²) in [4.78, 5) is 39.1. The predicted octanol–water partition coefficient (Wildman–Crippen LogP) is 2.90. The number of carbonyl (C=O) groups is 3. The van der Waals surface area contributed by atoms with Gasteiger partial charge in [0.15, 0.2) is 0 Å². The van der Waals surface area contributed by atoms with Crippen molar-refractivity contribution in [3.05, 3.63) is 54.1 Å². The number of benzene rings is 2. The van der Waals surface area contributed by atoms with E-state index in [2.05, 4.69) is 10.6 Å². The molecule has 1 aliphatic rings. The number of para-hydroxylation sites is 1. The molecule has 140 valence electrons. The maximum absolute atomic E-state index is 12.5. The monoisotopic (exact) mass is 383 g/mol. The number of rotatable bonds is 5. The number of nitrogens with one attached hydrogen (secondary N) is 2. The molecule has 2 aromatic carbocycles. The van der Waals surface area contributed by atoms with Crippen LogP contribution in [0.5, 0.6) is 0 Å². The molecule has 0 unspecified atom stereocenters. The third kappa shape index (κ3) is 4.89. The van der Waals surface area contributed by atoms with Gasteiger partial charge in [-0.1, -0.05) is 29.8 Å². The fraction of sp³-hybridized carbons (Fsp3) is 0.250. The van der Waals surface area contributed by atoms with Crippen LogP contribution >= 0.6 is 11.8 Å². The zero-order chi connectivity index (χ0) is 19.4. The van der Waals surface area contributed by atoms with E-state index in [0.29, 0.717) is 5.69 Å². The first-order valence-electron chi connectivity index (χ1n) is 8.59. The molecule has 0 saturated carbocycles. The van der Waals surface area contributed by atoms with Gasteiger partial charge in [-0.3, -0.25) is 14.4 Å². The number of amides is 3. The lowest BCUT2D eigenvalue weighted by Crippen LogP contribution is -2.39. The van der Waals surface area contributed by atoms with Gasteiger partial charge in [-0.2, -0.15) is 0 Å². The zero-order valence-corrected chi connectivity index (χ0v) is 16.0. The van der Waals surface area contributed by atoms with E-state index in [9.17, 15) is 14.4 Å². The number of hydrogen-bond donors (Lipinski definition) is 2. The van der Waals surface area contributed by atoms with Crippen molar-refractivity contribution in [1.82, 2.24) is 4.90 Å². The van der Waals surface area contributed by atoms with E-state index in [1.807, 2.05) is 55.5 Å². The van der Waals surface area contributed by atoms with Crippen LogP contribution in [0.4, 0.5) is 11.4 Å². The van der Waals surface area contributed by atoms with Gasteiger partial charge in [0.25, 0.3) is 0 Å². The average molecular weight is 383 g/mol. The molecule has 0 aliphatic carbocycles. The van der Waals surface area contributed by atoms with Gasteiger partial charge in [-0.05, 0) is 31.2 Å². The topological polar surface area (TPSA) is 78.5 Å². The first-order chi connectivity index (χ1) is 12.9. The fourth-order valence-corrected chi connectivity index (χ4v) is 3.78. The second-order valence-corrected chi connectivity index (χ2v) is 7.70. The second-order valence-electron chi connectivity index (χ2n) is 6.46. The molecule has 2 N–H and O–H groups in total. The van der Waals surface area contributed by atoms with Crippen LogP contribution in [-0.4, -0.2) is 41.5 Å². The normalized spacial score (nSPS) is 15.5. The van der Waals surface area contributed by atoms with Crippen LogP contribution in [0, 0.1) is 6.92 Å². The maximum atomic E-state index is 12.5. The highest BCUT2D eigenvalue weighted by molar-refractivity contribution is 8.01. The number of hydrogen-bond acceptors (Lipinski definition) is 4. The third-order valence-corrected chi connectivity index (χ3v) is 5.48. The summed E-state index contributed by atoms with van der Waals surface area (Å²) < 4.78 is 0. The Morgan fingerprint density at radius 2 is 1.85 bits per heavy atom. The molecule has 7 heteroatoms. The first kappa shape index (κ1) is 19.0. The largest absolute Gasteiger partial charge is 0.336 e. The lowest BCUT2D eigenvalue weighted by atomic mass is 10.2. The summed E-state index contributed by atoms with van der Waals surface area (Å²) in [6.07, 6.45) is 0.0408. The number of carbonyl (C=O) groups excluding carboxylic acids is 3. The minimum atomic E-state index is -0.505. The van der Waals surface area contributed by atoms with Crippen molar-refractivity contribution in [3.8, 4) is 0 Å². The van der Waals surface area contributed by atoms with E-state index < -0.39 is 5.25 Å². The van der Waals surface area contributed by atoms with Crippen molar-refractivity contribution in [3.63, 3.8) is 0 Å². The van der Waals surface area contributed by atoms with Crippen LogP contribution < -0.4 is 10.6 Å². The molecular weight excluding hydrogens is 362 g/mol. The number of fused-ring (bicyclic) bond motifs is 1. The van der Waals surface area contributed by atoms with Crippen molar-refractivity contribution in [2.45, 2.75) is 23.5 Å². The van der Waals surface area contributed by atoms with E-state index in [4.69, 9.17) is 0 Å². The van der Waals surface area contributed by atoms with Gasteiger partial charge in [-0.15, -0.1) is 11.8 Å². The molecule has 0 saturated heterocycles. The van der Waals surface area contributed by atoms with Gasteiger partial charge in [0.2, 0.25) is 17.7 Å². The molecule has 0 spiro atoms. The molecule has 0 bridgehead atoms. The summed E-state index contributed by atoms with van der Waals surface area (Å²) in [6, 6.07) is 14.9. The molecular formula is C20H21N3O3S. The van der Waals surface area contributed by atoms with Crippen molar-refractivity contribution >= 4 is 40.9 Å². The number of likely N-dealkylation sites (N-methyl/N-ethyl adjacent to an activating group) is 1. The molecule has 27 heavy (non-hydrogen) atoms. The Morgan fingerprint density at radius 1 is 1.15 bits per heavy atom. The molecule has 1 heterocycles. The van der Waals surface area contributed by atoms with Gasteiger partial charge < -0.3 is 15.5 Å². The van der Waals surface area contributed by atoms with Gasteiger partial charge in [-0.25, -0.2) is 0 Å². The summed E-state index contributed by atoms with van der Waals surface area (Å²) in [6.45, 7) is 1.90. The molecule has 0 fully saturated rings. The van der Waals surface area contributed by atoms with E-state index in [0.717, 1.165) is 16.1 Å². The summed E-state index contributed by atoms with van der Waals surface area (Å²) in [5.74, 6) is -0.716. The van der Waals surface area contributed by atoms with Crippen LogP contribution in [0.1, 0.15) is 12.0 Å². The Hall–Kier alpha value is -2.80. The molecule has 1 aliphatic heterocycles. The Morgan fingerprint density at radius 3 is 2.59 bits per heavy atom. The number of nitrogens with zero attached hydrogens (tertiary/aromatic N) is 1. The summed E-state index contributed by atoms with van der Waals surface area (Å²) in [5, 5.41) is 5.08. The highest BCUT2D eigenvalue weighted by atomic mass is 32.2. The molecule has 0 radical (unpaired) electrons. The quantitative estimate of drug-likeness (QED) is 0.832. The van der Waals surface area contributed by atoms with E-state index in [1.54, 1.807) is 7.05 Å². The van der Waals surface area contributed by atoms with Crippen molar-refractivity contribution in [1.29, 1.82) is 0 Å². The molecule has 3 amide bonds. The Labute approximate surface area is 162 Å². The minimum absolute atomic E-state index is 0.0408. The van der Waals surface area contributed by atoms with E-state index in [1.165, 1.54) is 16.7 Å². The Bertz CT molecular complexity index is 867.